The number of carbonyl (C=O) groups is 1. The van der Waals surface area contributed by atoms with Gasteiger partial charge < -0.3 is 9.84 Å². The van der Waals surface area contributed by atoms with E-state index < -0.39 is 5.60 Å². The van der Waals surface area contributed by atoms with Crippen LogP contribution in [0.1, 0.15) is 78.1 Å². The molecule has 4 saturated carbocycles. The molecule has 4 aliphatic carbocycles. The fraction of sp³-hybridized carbons (Fsp3) is 0.958. The van der Waals surface area contributed by atoms with Crippen LogP contribution in [0.15, 0.2) is 0 Å². The van der Waals surface area contributed by atoms with E-state index in [2.05, 4.69) is 29.8 Å². The molecule has 0 radical (unpaired) electrons. The smallest absolute Gasteiger partial charge is 0.147 e. The van der Waals surface area contributed by atoms with Crippen molar-refractivity contribution in [2.45, 2.75) is 83.7 Å². The first-order valence-corrected chi connectivity index (χ1v) is 12.8. The minimum absolute atomic E-state index is 0.221. The van der Waals surface area contributed by atoms with E-state index in [9.17, 15) is 9.90 Å². The molecule has 28 heavy (non-hydrogen) atoms. The number of methoxy groups -OCH3 is 1. The van der Waals surface area contributed by atoms with Gasteiger partial charge in [0.05, 0.1) is 17.5 Å². The van der Waals surface area contributed by atoms with Crippen LogP contribution in [0.2, 0.25) is 0 Å². The predicted molar refractivity (Wildman–Crippen MR) is 115 cm³/mol. The van der Waals surface area contributed by atoms with Crippen LogP contribution >= 0.6 is 15.9 Å². The quantitative estimate of drug-likeness (QED) is 0.567. The van der Waals surface area contributed by atoms with Crippen LogP contribution in [0.25, 0.3) is 0 Å². The third-order valence-electron chi connectivity index (χ3n) is 10.1. The van der Waals surface area contributed by atoms with Crippen LogP contribution in [0.4, 0.5) is 0 Å². The minimum Gasteiger partial charge on any atom is -0.387 e. The number of fused-ring (bicyclic) bond motifs is 5. The lowest BCUT2D eigenvalue weighted by Gasteiger charge is -2.63. The summed E-state index contributed by atoms with van der Waals surface area (Å²) in [5, 5.41) is 11.6. The number of ether oxygens (including phenoxy) is 1. The van der Waals surface area contributed by atoms with E-state index in [1.54, 1.807) is 7.11 Å². The lowest BCUT2D eigenvalue weighted by Crippen LogP contribution is -2.57. The highest BCUT2D eigenvalue weighted by molar-refractivity contribution is 9.09. The highest BCUT2D eigenvalue weighted by Gasteiger charge is 2.62. The van der Waals surface area contributed by atoms with Gasteiger partial charge in [0.1, 0.15) is 5.78 Å². The summed E-state index contributed by atoms with van der Waals surface area (Å²) < 4.78 is 5.37. The lowest BCUT2D eigenvalue weighted by molar-refractivity contribution is -0.171. The molecule has 2 unspecified atom stereocenters. The van der Waals surface area contributed by atoms with Gasteiger partial charge in [-0.05, 0) is 98.7 Å². The van der Waals surface area contributed by atoms with Gasteiger partial charge in [-0.1, -0.05) is 29.8 Å². The van der Waals surface area contributed by atoms with E-state index in [1.165, 1.54) is 38.5 Å². The molecule has 0 saturated heterocycles. The lowest BCUT2D eigenvalue weighted by atomic mass is 9.42. The first kappa shape index (κ1) is 21.3. The molecule has 3 nitrogen and oxygen atoms in total. The Morgan fingerprint density at radius 2 is 1.89 bits per heavy atom. The molecule has 4 rings (SSSR count). The second kappa shape index (κ2) is 7.64. The summed E-state index contributed by atoms with van der Waals surface area (Å²) in [5.74, 6) is 3.65. The normalized spacial score (nSPS) is 50.5. The number of carbonyl (C=O) groups excluding carboxylic acids is 1. The van der Waals surface area contributed by atoms with Crippen LogP contribution < -0.4 is 0 Å². The summed E-state index contributed by atoms with van der Waals surface area (Å²) in [6.45, 7) is 5.32. The third-order valence-corrected chi connectivity index (χ3v) is 10.7. The summed E-state index contributed by atoms with van der Waals surface area (Å²) in [4.78, 5) is 12.6. The molecule has 0 spiro atoms. The summed E-state index contributed by atoms with van der Waals surface area (Å²) in [7, 11) is 1.71. The Balaban J connectivity index is 1.59. The molecule has 0 amide bonds. The van der Waals surface area contributed by atoms with Crippen molar-refractivity contribution < 1.29 is 14.6 Å². The van der Waals surface area contributed by atoms with Crippen molar-refractivity contribution in [2.24, 2.45) is 40.4 Å². The van der Waals surface area contributed by atoms with Crippen molar-refractivity contribution in [1.82, 2.24) is 0 Å². The average molecular weight is 455 g/mol. The van der Waals surface area contributed by atoms with E-state index in [4.69, 9.17) is 4.74 Å². The van der Waals surface area contributed by atoms with Gasteiger partial charge in [0.15, 0.2) is 0 Å². The van der Waals surface area contributed by atoms with Crippen LogP contribution in [-0.2, 0) is 9.53 Å². The second-order valence-corrected chi connectivity index (χ2v) is 11.4. The van der Waals surface area contributed by atoms with Crippen molar-refractivity contribution in [2.75, 3.05) is 19.0 Å². The fourth-order valence-electron chi connectivity index (χ4n) is 8.86. The molecule has 0 aromatic rings. The Kier molecular flexibility index (Phi) is 5.81. The predicted octanol–water partition coefficient (Wildman–Crippen LogP) is 5.38. The molecule has 0 aliphatic heterocycles. The van der Waals surface area contributed by atoms with Gasteiger partial charge >= 0.3 is 0 Å². The number of halogens is 1. The van der Waals surface area contributed by atoms with E-state index in [0.717, 1.165) is 43.4 Å². The first-order valence-electron chi connectivity index (χ1n) is 11.6. The highest BCUT2D eigenvalue weighted by Crippen LogP contribution is 2.69. The molecular weight excluding hydrogens is 416 g/mol. The maximum Gasteiger partial charge on any atom is 0.147 e. The van der Waals surface area contributed by atoms with Gasteiger partial charge in [-0.15, -0.1) is 0 Å². The highest BCUT2D eigenvalue weighted by atomic mass is 79.9. The molecule has 4 heteroatoms. The zero-order valence-electron chi connectivity index (χ0n) is 18.0. The number of Topliss-reactive ketones (excluding diaryl/α,β-unsaturated/α-hetero) is 1. The van der Waals surface area contributed by atoms with E-state index in [-0.39, 0.29) is 11.3 Å². The Hall–Kier alpha value is 0.0700. The molecule has 0 heterocycles. The van der Waals surface area contributed by atoms with E-state index in [0.29, 0.717) is 29.1 Å². The Labute approximate surface area is 179 Å². The molecule has 8 atom stereocenters. The van der Waals surface area contributed by atoms with Crippen LogP contribution in [0, 0.1) is 40.4 Å². The van der Waals surface area contributed by atoms with Crippen LogP contribution in [-0.4, -0.2) is 35.5 Å². The van der Waals surface area contributed by atoms with Crippen molar-refractivity contribution in [3.05, 3.63) is 0 Å². The van der Waals surface area contributed by atoms with Gasteiger partial charge in [-0.3, -0.25) is 4.79 Å². The van der Waals surface area contributed by atoms with Crippen molar-refractivity contribution in [3.63, 3.8) is 0 Å². The summed E-state index contributed by atoms with van der Waals surface area (Å²) in [5.41, 5.74) is 0.00975. The van der Waals surface area contributed by atoms with E-state index in [1.807, 2.05) is 0 Å². The Morgan fingerprint density at radius 1 is 1.11 bits per heavy atom. The number of alkyl halides is 1. The van der Waals surface area contributed by atoms with Gasteiger partial charge in [0, 0.05) is 13.0 Å². The molecular formula is C24H39BrO3. The molecule has 0 aromatic carbocycles. The number of rotatable bonds is 5. The largest absolute Gasteiger partial charge is 0.387 e. The second-order valence-electron chi connectivity index (χ2n) is 10.9. The third kappa shape index (κ3) is 3.07. The van der Waals surface area contributed by atoms with Crippen LogP contribution in [0.3, 0.4) is 0 Å². The van der Waals surface area contributed by atoms with Crippen molar-refractivity contribution in [3.8, 4) is 0 Å². The monoisotopic (exact) mass is 454 g/mol. The molecule has 160 valence electrons. The number of hydrogen-bond acceptors (Lipinski definition) is 3. The average Bonchev–Trinajstić information content (AvgIpc) is 3.04. The molecule has 4 aliphatic rings. The molecule has 0 bridgehead atoms. The Bertz CT molecular complexity index is 609. The maximum absolute atomic E-state index is 12.6. The molecule has 1 N–H and O–H groups in total. The number of aliphatic hydroxyl groups is 1. The van der Waals surface area contributed by atoms with Crippen molar-refractivity contribution >= 4 is 21.7 Å². The van der Waals surface area contributed by atoms with E-state index >= 15 is 0 Å². The topological polar surface area (TPSA) is 46.5 Å². The van der Waals surface area contributed by atoms with Gasteiger partial charge in [-0.25, -0.2) is 0 Å². The van der Waals surface area contributed by atoms with Crippen LogP contribution in [0.5, 0.6) is 0 Å². The minimum atomic E-state index is -0.616. The zero-order valence-corrected chi connectivity index (χ0v) is 19.6. The maximum atomic E-state index is 12.6. The van der Waals surface area contributed by atoms with Gasteiger partial charge in [0.2, 0.25) is 0 Å². The Morgan fingerprint density at radius 3 is 2.57 bits per heavy atom. The first-order chi connectivity index (χ1) is 13.3. The SMILES string of the molecule is CC[C@]12CC[C@](O)(COC)C[C@@H]1CC[C@@H]1C2CC[C@@]2(C)C1CC[C@@H]2C(=O)CBr. The fourth-order valence-corrected chi connectivity index (χ4v) is 9.25. The summed E-state index contributed by atoms with van der Waals surface area (Å²) >= 11 is 3.44. The molecule has 4 fully saturated rings. The number of hydrogen-bond donors (Lipinski definition) is 1. The number of ketones is 1. The summed E-state index contributed by atoms with van der Waals surface area (Å²) in [6, 6.07) is 0. The van der Waals surface area contributed by atoms with Gasteiger partial charge in [-0.2, -0.15) is 0 Å². The van der Waals surface area contributed by atoms with Gasteiger partial charge in [0.25, 0.3) is 0 Å². The zero-order chi connectivity index (χ0) is 20.2. The standard InChI is InChI=1S/C24H39BrO3/c1-4-24-12-11-23(27,15-28-3)13-16(24)5-6-17-18-7-8-20(21(26)14-25)22(18,2)10-9-19(17)24/h16-20,27H,4-15H2,1-3H3/t16-,17-,18?,19?,20+,22-,23+,24-/m0/s1. The summed E-state index contributed by atoms with van der Waals surface area (Å²) in [6.07, 6.45) is 11.6. The van der Waals surface area contributed by atoms with Crippen molar-refractivity contribution in [1.29, 1.82) is 0 Å². The molecule has 0 aromatic heterocycles.